The molecule has 4 N–H and O–H groups in total. The van der Waals surface area contributed by atoms with Gasteiger partial charge in [-0.2, -0.15) is 0 Å². The maximum atomic E-state index is 12.5. The fourth-order valence-corrected chi connectivity index (χ4v) is 3.22. The van der Waals surface area contributed by atoms with Gasteiger partial charge in [-0.3, -0.25) is 4.79 Å². The number of aliphatic hydroxyl groups is 3. The molecule has 5 atom stereocenters. The van der Waals surface area contributed by atoms with E-state index in [1.165, 1.54) is 12.1 Å². The van der Waals surface area contributed by atoms with Gasteiger partial charge in [0.25, 0.3) is 0 Å². The summed E-state index contributed by atoms with van der Waals surface area (Å²) in [7, 11) is 0. The number of aryl methyl sites for hydroxylation is 1. The highest BCUT2D eigenvalue weighted by Gasteiger charge is 2.48. The van der Waals surface area contributed by atoms with Crippen LogP contribution in [0.25, 0.3) is 0 Å². The van der Waals surface area contributed by atoms with Gasteiger partial charge in [0, 0.05) is 5.92 Å². The van der Waals surface area contributed by atoms with Gasteiger partial charge >= 0.3 is 0 Å². The average molecular weight is 276 g/mol. The van der Waals surface area contributed by atoms with Crippen LogP contribution in [0.1, 0.15) is 27.6 Å². The third-order valence-electron chi connectivity index (χ3n) is 4.19. The number of aromatic hydroxyl groups is 1. The van der Waals surface area contributed by atoms with Crippen molar-refractivity contribution in [1.82, 2.24) is 0 Å². The molecule has 106 valence electrons. The minimum absolute atomic E-state index is 0.0471. The smallest absolute Gasteiger partial charge is 0.173 e. The number of phenolic OH excluding ortho intramolecular Hbond substituents is 1. The Kier molecular flexibility index (Phi) is 2.93. The molecule has 0 fully saturated rings. The molecule has 0 bridgehead atoms. The standard InChI is InChI=1S/C15H16O5/c1-6-4-8-11(10(17)5-6)15(20)12-7(13(8)18)2-3-9(16)14(12)19/h2-5,7,9,12-14,16-19H,1H3/t7-,9-,12+,13+,14+/m0/s1. The summed E-state index contributed by atoms with van der Waals surface area (Å²) in [5.74, 6) is -2.16. The Hall–Kier alpha value is -1.69. The lowest BCUT2D eigenvalue weighted by Gasteiger charge is -2.40. The van der Waals surface area contributed by atoms with Crippen molar-refractivity contribution in [1.29, 1.82) is 0 Å². The summed E-state index contributed by atoms with van der Waals surface area (Å²) in [6.07, 6.45) is -0.449. The second-order valence-corrected chi connectivity index (χ2v) is 5.53. The number of fused-ring (bicyclic) bond motifs is 2. The van der Waals surface area contributed by atoms with Crippen molar-refractivity contribution in [2.24, 2.45) is 11.8 Å². The summed E-state index contributed by atoms with van der Waals surface area (Å²) in [5, 5.41) is 40.1. The summed E-state index contributed by atoms with van der Waals surface area (Å²) in [5.41, 5.74) is 1.17. The number of carbonyl (C=O) groups excluding carboxylic acids is 1. The fraction of sp³-hybridized carbons (Fsp3) is 0.400. The molecule has 5 heteroatoms. The summed E-state index contributed by atoms with van der Waals surface area (Å²) in [6, 6.07) is 3.12. The summed E-state index contributed by atoms with van der Waals surface area (Å²) < 4.78 is 0. The quantitative estimate of drug-likeness (QED) is 0.516. The Morgan fingerprint density at radius 1 is 1.10 bits per heavy atom. The minimum Gasteiger partial charge on any atom is -0.507 e. The molecule has 20 heavy (non-hydrogen) atoms. The number of hydrogen-bond acceptors (Lipinski definition) is 5. The highest BCUT2D eigenvalue weighted by Crippen LogP contribution is 2.45. The Labute approximate surface area is 115 Å². The van der Waals surface area contributed by atoms with Crippen LogP contribution in [-0.2, 0) is 0 Å². The van der Waals surface area contributed by atoms with Gasteiger partial charge in [0.15, 0.2) is 5.78 Å². The van der Waals surface area contributed by atoms with E-state index in [1.807, 2.05) is 0 Å². The number of benzene rings is 1. The van der Waals surface area contributed by atoms with Crippen LogP contribution in [0.15, 0.2) is 24.3 Å². The predicted molar refractivity (Wildman–Crippen MR) is 70.3 cm³/mol. The highest BCUT2D eigenvalue weighted by atomic mass is 16.3. The number of phenols is 1. The second-order valence-electron chi connectivity index (χ2n) is 5.53. The van der Waals surface area contributed by atoms with E-state index in [0.717, 1.165) is 5.56 Å². The lowest BCUT2D eigenvalue weighted by Crippen LogP contribution is -2.48. The SMILES string of the molecule is Cc1cc(O)c2c(c1)[C@H](O)[C@H]1C=C[C@H](O)[C@@H](O)[C@@H]1C2=O. The zero-order valence-corrected chi connectivity index (χ0v) is 10.9. The number of carbonyl (C=O) groups is 1. The normalized spacial score (nSPS) is 35.6. The Balaban J connectivity index is 2.19. The number of aliphatic hydroxyl groups excluding tert-OH is 3. The Morgan fingerprint density at radius 2 is 1.80 bits per heavy atom. The first-order chi connectivity index (χ1) is 9.41. The molecule has 2 aliphatic rings. The molecule has 3 rings (SSSR count). The topological polar surface area (TPSA) is 98.0 Å². The molecule has 0 saturated heterocycles. The third kappa shape index (κ3) is 1.71. The first-order valence-corrected chi connectivity index (χ1v) is 6.52. The van der Waals surface area contributed by atoms with E-state index in [4.69, 9.17) is 0 Å². The summed E-state index contributed by atoms with van der Waals surface area (Å²) >= 11 is 0. The van der Waals surface area contributed by atoms with Crippen LogP contribution in [0.5, 0.6) is 5.75 Å². The molecule has 5 nitrogen and oxygen atoms in total. The van der Waals surface area contributed by atoms with Crippen molar-refractivity contribution >= 4 is 5.78 Å². The molecule has 0 spiro atoms. The van der Waals surface area contributed by atoms with Gasteiger partial charge in [0.2, 0.25) is 0 Å². The van der Waals surface area contributed by atoms with Gasteiger partial charge in [-0.15, -0.1) is 0 Å². The monoisotopic (exact) mass is 276 g/mol. The fourth-order valence-electron chi connectivity index (χ4n) is 3.22. The van der Waals surface area contributed by atoms with Crippen molar-refractivity contribution in [3.63, 3.8) is 0 Å². The molecule has 0 unspecified atom stereocenters. The van der Waals surface area contributed by atoms with Crippen molar-refractivity contribution in [2.75, 3.05) is 0 Å². The first kappa shape index (κ1) is 13.3. The average Bonchev–Trinajstić information content (AvgIpc) is 2.38. The second kappa shape index (κ2) is 4.41. The number of hydrogen-bond donors (Lipinski definition) is 4. The van der Waals surface area contributed by atoms with Crippen molar-refractivity contribution in [3.05, 3.63) is 41.0 Å². The lowest BCUT2D eigenvalue weighted by atomic mass is 9.67. The molecule has 0 saturated carbocycles. The van der Waals surface area contributed by atoms with Gasteiger partial charge in [-0.1, -0.05) is 18.2 Å². The van der Waals surface area contributed by atoms with Gasteiger partial charge in [-0.25, -0.2) is 0 Å². The number of rotatable bonds is 0. The molecule has 0 radical (unpaired) electrons. The molecule has 0 aliphatic heterocycles. The van der Waals surface area contributed by atoms with E-state index in [2.05, 4.69) is 0 Å². The lowest BCUT2D eigenvalue weighted by molar-refractivity contribution is -0.0337. The van der Waals surface area contributed by atoms with Gasteiger partial charge < -0.3 is 20.4 Å². The van der Waals surface area contributed by atoms with Crippen molar-refractivity contribution in [3.8, 4) is 5.75 Å². The van der Waals surface area contributed by atoms with Crippen LogP contribution in [0, 0.1) is 18.8 Å². The van der Waals surface area contributed by atoms with E-state index in [0.29, 0.717) is 5.56 Å². The molecule has 1 aromatic rings. The zero-order chi connectivity index (χ0) is 14.6. The van der Waals surface area contributed by atoms with E-state index in [-0.39, 0.29) is 11.3 Å². The molecule has 2 aliphatic carbocycles. The van der Waals surface area contributed by atoms with Gasteiger partial charge in [0.05, 0.1) is 29.8 Å². The Bertz CT molecular complexity index is 607. The predicted octanol–water partition coefficient (Wildman–Crippen LogP) is 0.454. The number of ketones is 1. The highest BCUT2D eigenvalue weighted by molar-refractivity contribution is 6.03. The summed E-state index contributed by atoms with van der Waals surface area (Å²) in [6.45, 7) is 1.76. The minimum atomic E-state index is -1.28. The van der Waals surface area contributed by atoms with Crippen LogP contribution in [-0.4, -0.2) is 38.4 Å². The van der Waals surface area contributed by atoms with E-state index < -0.39 is 35.9 Å². The number of Topliss-reactive ketones (excluding diaryl/α,β-unsaturated/α-hetero) is 1. The largest absolute Gasteiger partial charge is 0.507 e. The van der Waals surface area contributed by atoms with Crippen LogP contribution < -0.4 is 0 Å². The van der Waals surface area contributed by atoms with Crippen LogP contribution in [0.4, 0.5) is 0 Å². The van der Waals surface area contributed by atoms with Gasteiger partial charge in [0.1, 0.15) is 5.75 Å². The maximum Gasteiger partial charge on any atom is 0.173 e. The van der Waals surface area contributed by atoms with E-state index in [9.17, 15) is 25.2 Å². The van der Waals surface area contributed by atoms with E-state index in [1.54, 1.807) is 19.1 Å². The Morgan fingerprint density at radius 3 is 2.50 bits per heavy atom. The van der Waals surface area contributed by atoms with Crippen molar-refractivity contribution in [2.45, 2.75) is 25.2 Å². The van der Waals surface area contributed by atoms with E-state index >= 15 is 0 Å². The summed E-state index contributed by atoms with van der Waals surface area (Å²) in [4.78, 5) is 12.5. The molecular weight excluding hydrogens is 260 g/mol. The van der Waals surface area contributed by atoms with Crippen molar-refractivity contribution < 1.29 is 25.2 Å². The van der Waals surface area contributed by atoms with Crippen LogP contribution in [0.2, 0.25) is 0 Å². The van der Waals surface area contributed by atoms with Gasteiger partial charge in [-0.05, 0) is 24.1 Å². The molecule has 0 aromatic heterocycles. The van der Waals surface area contributed by atoms with Crippen LogP contribution >= 0.6 is 0 Å². The zero-order valence-electron chi connectivity index (χ0n) is 10.9. The first-order valence-electron chi connectivity index (χ1n) is 6.52. The molecule has 0 heterocycles. The maximum absolute atomic E-state index is 12.5. The van der Waals surface area contributed by atoms with Crippen LogP contribution in [0.3, 0.4) is 0 Å². The molecule has 0 amide bonds. The third-order valence-corrected chi connectivity index (χ3v) is 4.19. The molecule has 1 aromatic carbocycles. The molecular formula is C15H16O5.